The van der Waals surface area contributed by atoms with Crippen LogP contribution in [-0.4, -0.2) is 46.2 Å². The number of furan rings is 1. The van der Waals surface area contributed by atoms with Gasteiger partial charge in [0.1, 0.15) is 5.58 Å². The normalized spacial score (nSPS) is 25.6. The van der Waals surface area contributed by atoms with Crippen LogP contribution in [0.25, 0.3) is 11.0 Å². The fraction of sp³-hybridized carbons (Fsp3) is 0.421. The van der Waals surface area contributed by atoms with Gasteiger partial charge in [-0.25, -0.2) is 0 Å². The van der Waals surface area contributed by atoms with Gasteiger partial charge < -0.3 is 18.6 Å². The largest absolute Gasteiger partial charge is 0.451 e. The van der Waals surface area contributed by atoms with Crippen LogP contribution in [0.1, 0.15) is 41.0 Å². The first-order valence-electron chi connectivity index (χ1n) is 8.90. The second-order valence-corrected chi connectivity index (χ2v) is 6.98. The molecule has 2 aliphatic rings. The highest BCUT2D eigenvalue weighted by atomic mass is 16.5. The van der Waals surface area contributed by atoms with Crippen molar-refractivity contribution in [3.05, 3.63) is 47.8 Å². The Morgan fingerprint density at radius 1 is 1.31 bits per heavy atom. The summed E-state index contributed by atoms with van der Waals surface area (Å²) in [7, 11) is 0. The number of amides is 1. The van der Waals surface area contributed by atoms with Gasteiger partial charge in [0.15, 0.2) is 11.6 Å². The number of para-hydroxylation sites is 1. The number of aromatic nitrogens is 2. The first-order valence-corrected chi connectivity index (χ1v) is 8.90. The van der Waals surface area contributed by atoms with E-state index in [0.717, 1.165) is 23.8 Å². The number of rotatable bonds is 2. The molecule has 0 spiro atoms. The molecule has 2 aromatic heterocycles. The molecule has 3 aromatic rings. The Balaban J connectivity index is 1.47. The third-order valence-corrected chi connectivity index (χ3v) is 5.30. The highest BCUT2D eigenvalue weighted by Gasteiger charge is 2.44. The van der Waals surface area contributed by atoms with Crippen molar-refractivity contribution in [3.8, 4) is 0 Å². The minimum atomic E-state index is -0.109. The van der Waals surface area contributed by atoms with E-state index < -0.39 is 0 Å². The van der Waals surface area contributed by atoms with Crippen molar-refractivity contribution >= 4 is 16.9 Å². The second kappa shape index (κ2) is 5.95. The number of benzene rings is 1. The molecule has 5 rings (SSSR count). The fourth-order valence-corrected chi connectivity index (χ4v) is 4.07. The summed E-state index contributed by atoms with van der Waals surface area (Å²) in [5, 5.41) is 4.81. The van der Waals surface area contributed by atoms with Gasteiger partial charge in [0.2, 0.25) is 5.89 Å². The summed E-state index contributed by atoms with van der Waals surface area (Å²) in [6.45, 7) is 2.99. The molecule has 0 saturated carbocycles. The highest BCUT2D eigenvalue weighted by molar-refractivity contribution is 5.96. The molecule has 3 atom stereocenters. The van der Waals surface area contributed by atoms with Crippen LogP contribution < -0.4 is 0 Å². The molecule has 1 amide bonds. The SMILES string of the molecule is Cc1noc([C@H]2C[C@@H]3OCC[C@@H]3N(C(=O)c3cc4ccccc4o3)C2)n1. The summed E-state index contributed by atoms with van der Waals surface area (Å²) in [5.74, 6) is 1.40. The van der Waals surface area contributed by atoms with E-state index in [4.69, 9.17) is 13.7 Å². The van der Waals surface area contributed by atoms with Gasteiger partial charge in [-0.15, -0.1) is 0 Å². The molecule has 0 N–H and O–H groups in total. The van der Waals surface area contributed by atoms with E-state index in [1.807, 2.05) is 35.2 Å². The van der Waals surface area contributed by atoms with Gasteiger partial charge in [-0.05, 0) is 31.9 Å². The van der Waals surface area contributed by atoms with E-state index in [1.54, 1.807) is 6.92 Å². The molecule has 0 unspecified atom stereocenters. The van der Waals surface area contributed by atoms with Crippen LogP contribution in [0, 0.1) is 6.92 Å². The summed E-state index contributed by atoms with van der Waals surface area (Å²) >= 11 is 0. The topological polar surface area (TPSA) is 81.6 Å². The van der Waals surface area contributed by atoms with E-state index in [2.05, 4.69) is 10.1 Å². The quantitative estimate of drug-likeness (QED) is 0.705. The molecule has 4 heterocycles. The van der Waals surface area contributed by atoms with Crippen LogP contribution >= 0.6 is 0 Å². The molecule has 7 heteroatoms. The van der Waals surface area contributed by atoms with Crippen LogP contribution in [0.2, 0.25) is 0 Å². The molecule has 0 aliphatic carbocycles. The van der Waals surface area contributed by atoms with E-state index in [9.17, 15) is 4.79 Å². The standard InChI is InChI=1S/C19H19N3O4/c1-11-20-18(26-21-11)13-9-16-14(6-7-24-16)22(10-13)19(23)17-8-12-4-2-3-5-15(12)25-17/h2-5,8,13-14,16H,6-7,9-10H2,1H3/t13-,14-,16-/m0/s1. The zero-order chi connectivity index (χ0) is 17.7. The molecule has 0 bridgehead atoms. The summed E-state index contributed by atoms with van der Waals surface area (Å²) in [5.41, 5.74) is 0.719. The predicted octanol–water partition coefficient (Wildman–Crippen LogP) is 2.91. The number of aryl methyl sites for hydroxylation is 1. The lowest BCUT2D eigenvalue weighted by atomic mass is 9.89. The van der Waals surface area contributed by atoms with Gasteiger partial charge >= 0.3 is 0 Å². The van der Waals surface area contributed by atoms with Crippen molar-refractivity contribution in [2.75, 3.05) is 13.2 Å². The van der Waals surface area contributed by atoms with Gasteiger partial charge in [0, 0.05) is 18.5 Å². The maximum Gasteiger partial charge on any atom is 0.289 e. The number of carbonyl (C=O) groups is 1. The smallest absolute Gasteiger partial charge is 0.289 e. The first kappa shape index (κ1) is 15.6. The average molecular weight is 353 g/mol. The Kier molecular flexibility index (Phi) is 3.56. The predicted molar refractivity (Wildman–Crippen MR) is 91.8 cm³/mol. The van der Waals surface area contributed by atoms with Crippen molar-refractivity contribution in [3.63, 3.8) is 0 Å². The van der Waals surface area contributed by atoms with E-state index >= 15 is 0 Å². The fourth-order valence-electron chi connectivity index (χ4n) is 4.07. The number of carbonyl (C=O) groups excluding carboxylic acids is 1. The van der Waals surface area contributed by atoms with Gasteiger partial charge in [0.05, 0.1) is 18.1 Å². The number of hydrogen-bond acceptors (Lipinski definition) is 6. The van der Waals surface area contributed by atoms with Crippen LogP contribution in [-0.2, 0) is 4.74 Å². The van der Waals surface area contributed by atoms with Crippen LogP contribution in [0.4, 0.5) is 0 Å². The van der Waals surface area contributed by atoms with Crippen molar-refractivity contribution in [2.24, 2.45) is 0 Å². The summed E-state index contributed by atoms with van der Waals surface area (Å²) in [6, 6.07) is 9.52. The maximum absolute atomic E-state index is 13.2. The first-order chi connectivity index (χ1) is 12.7. The average Bonchev–Trinajstić information content (AvgIpc) is 3.38. The van der Waals surface area contributed by atoms with E-state index in [1.165, 1.54) is 0 Å². The monoisotopic (exact) mass is 353 g/mol. The lowest BCUT2D eigenvalue weighted by molar-refractivity contribution is 0.0110. The number of piperidine rings is 1. The molecular weight excluding hydrogens is 334 g/mol. The molecule has 2 saturated heterocycles. The number of hydrogen-bond donors (Lipinski definition) is 0. The molecule has 26 heavy (non-hydrogen) atoms. The Morgan fingerprint density at radius 3 is 3.00 bits per heavy atom. The van der Waals surface area contributed by atoms with Crippen LogP contribution in [0.5, 0.6) is 0 Å². The summed E-state index contributed by atoms with van der Waals surface area (Å²) in [4.78, 5) is 19.4. The number of fused-ring (bicyclic) bond motifs is 2. The molecule has 1 aromatic carbocycles. The molecule has 2 aliphatic heterocycles. The van der Waals surface area contributed by atoms with E-state index in [-0.39, 0.29) is 24.0 Å². The Labute approximate surface area is 149 Å². The van der Waals surface area contributed by atoms with Gasteiger partial charge in [-0.1, -0.05) is 23.4 Å². The lowest BCUT2D eigenvalue weighted by Gasteiger charge is -2.39. The summed E-state index contributed by atoms with van der Waals surface area (Å²) in [6.07, 6.45) is 1.62. The molecule has 134 valence electrons. The lowest BCUT2D eigenvalue weighted by Crippen LogP contribution is -2.51. The Morgan fingerprint density at radius 2 is 2.19 bits per heavy atom. The summed E-state index contributed by atoms with van der Waals surface area (Å²) < 4.78 is 17.0. The number of nitrogens with zero attached hydrogens (tertiary/aromatic N) is 3. The minimum absolute atomic E-state index is 0.00529. The number of likely N-dealkylation sites (tertiary alicyclic amines) is 1. The Hall–Kier alpha value is -2.67. The minimum Gasteiger partial charge on any atom is -0.451 e. The third kappa shape index (κ3) is 2.50. The van der Waals surface area contributed by atoms with Crippen LogP contribution in [0.15, 0.2) is 39.3 Å². The molecule has 2 fully saturated rings. The van der Waals surface area contributed by atoms with E-state index in [0.29, 0.717) is 30.6 Å². The molecular formula is C19H19N3O4. The zero-order valence-electron chi connectivity index (χ0n) is 14.4. The van der Waals surface area contributed by atoms with Gasteiger partial charge in [0.25, 0.3) is 5.91 Å². The van der Waals surface area contributed by atoms with Crippen molar-refractivity contribution in [1.29, 1.82) is 0 Å². The molecule has 0 radical (unpaired) electrons. The van der Waals surface area contributed by atoms with Gasteiger partial charge in [-0.3, -0.25) is 4.79 Å². The third-order valence-electron chi connectivity index (χ3n) is 5.30. The van der Waals surface area contributed by atoms with Gasteiger partial charge in [-0.2, -0.15) is 4.98 Å². The Bertz CT molecular complexity index is 930. The number of ether oxygens (including phenoxy) is 1. The highest BCUT2D eigenvalue weighted by Crippen LogP contribution is 2.36. The van der Waals surface area contributed by atoms with Crippen molar-refractivity contribution in [2.45, 2.75) is 37.8 Å². The van der Waals surface area contributed by atoms with Crippen molar-refractivity contribution < 1.29 is 18.5 Å². The second-order valence-electron chi connectivity index (χ2n) is 6.98. The zero-order valence-corrected chi connectivity index (χ0v) is 14.4. The van der Waals surface area contributed by atoms with Crippen molar-refractivity contribution in [1.82, 2.24) is 15.0 Å². The maximum atomic E-state index is 13.2. The van der Waals surface area contributed by atoms with Crippen LogP contribution in [0.3, 0.4) is 0 Å². The molecule has 7 nitrogen and oxygen atoms in total.